The molecule has 0 aliphatic carbocycles. The maximum atomic E-state index is 12.5. The van der Waals surface area contributed by atoms with Crippen molar-refractivity contribution >= 4 is 28.8 Å². The van der Waals surface area contributed by atoms with Crippen LogP contribution in [0.25, 0.3) is 27.9 Å². The van der Waals surface area contributed by atoms with Crippen LogP contribution in [0.4, 0.5) is 4.79 Å². The molecule has 2 aromatic heterocycles. The van der Waals surface area contributed by atoms with Crippen LogP contribution in [0, 0.1) is 0 Å². The zero-order valence-corrected chi connectivity index (χ0v) is 20.1. The number of nitrogens with one attached hydrogen (secondary N) is 2. The van der Waals surface area contributed by atoms with Crippen molar-refractivity contribution in [2.75, 3.05) is 13.1 Å². The normalized spacial score (nSPS) is 17.2. The Morgan fingerprint density at radius 2 is 2.12 bits per heavy atom. The van der Waals surface area contributed by atoms with Crippen molar-refractivity contribution in [2.45, 2.75) is 52.1 Å². The molecule has 4 rings (SSSR count). The molecule has 1 saturated heterocycles. The predicted molar refractivity (Wildman–Crippen MR) is 134 cm³/mol. The van der Waals surface area contributed by atoms with Crippen molar-refractivity contribution in [3.05, 3.63) is 48.6 Å². The third-order valence-electron chi connectivity index (χ3n) is 5.60. The van der Waals surface area contributed by atoms with Crippen molar-refractivity contribution in [3.63, 3.8) is 0 Å². The van der Waals surface area contributed by atoms with Crippen LogP contribution in [-0.4, -0.2) is 61.3 Å². The Kier molecular flexibility index (Phi) is 6.63. The number of amides is 1. The third kappa shape index (κ3) is 5.24. The second kappa shape index (κ2) is 9.62. The van der Waals surface area contributed by atoms with Crippen LogP contribution in [0.1, 0.15) is 58.0 Å². The van der Waals surface area contributed by atoms with E-state index in [0.717, 1.165) is 46.4 Å². The number of rotatable bonds is 5. The first-order valence-corrected chi connectivity index (χ1v) is 11.5. The van der Waals surface area contributed by atoms with Crippen LogP contribution in [0.5, 0.6) is 0 Å². The number of nitrogens with zero attached hydrogens (tertiary/aromatic N) is 5. The van der Waals surface area contributed by atoms with Crippen LogP contribution in [-0.2, 0) is 4.74 Å². The number of aliphatic imine (C=N–C) groups is 1. The molecule has 3 heterocycles. The summed E-state index contributed by atoms with van der Waals surface area (Å²) >= 11 is 0. The topological polar surface area (TPSA) is 112 Å². The van der Waals surface area contributed by atoms with Crippen molar-refractivity contribution in [1.29, 1.82) is 0 Å². The molecule has 1 atom stereocenters. The summed E-state index contributed by atoms with van der Waals surface area (Å²) in [4.78, 5) is 23.1. The van der Waals surface area contributed by atoms with Crippen LogP contribution in [0.15, 0.2) is 42.0 Å². The van der Waals surface area contributed by atoms with E-state index in [1.165, 1.54) is 0 Å². The molecule has 0 unspecified atom stereocenters. The Hall–Kier alpha value is -3.75. The monoisotopic (exact) mass is 461 g/mol. The fourth-order valence-electron chi connectivity index (χ4n) is 3.97. The number of carbonyl (C=O) groups excluding carboxylic acids is 1. The van der Waals surface area contributed by atoms with Crippen LogP contribution in [0.2, 0.25) is 0 Å². The minimum absolute atomic E-state index is 0.0831. The minimum atomic E-state index is -0.516. The highest BCUT2D eigenvalue weighted by atomic mass is 16.6. The van der Waals surface area contributed by atoms with Gasteiger partial charge in [-0.15, -0.1) is 0 Å². The lowest BCUT2D eigenvalue weighted by Crippen LogP contribution is -2.42. The van der Waals surface area contributed by atoms with E-state index in [4.69, 9.17) is 9.72 Å². The average molecular weight is 462 g/mol. The van der Waals surface area contributed by atoms with E-state index >= 15 is 0 Å². The number of hydrogen-bond acceptors (Lipinski definition) is 6. The first-order valence-electron chi connectivity index (χ1n) is 11.5. The van der Waals surface area contributed by atoms with E-state index in [9.17, 15) is 4.79 Å². The molecule has 1 aliphatic rings. The van der Waals surface area contributed by atoms with Gasteiger partial charge in [0.25, 0.3) is 0 Å². The summed E-state index contributed by atoms with van der Waals surface area (Å²) < 4.78 is 5.54. The lowest BCUT2D eigenvalue weighted by Gasteiger charge is -2.33. The van der Waals surface area contributed by atoms with Gasteiger partial charge in [-0.25, -0.2) is 9.78 Å². The maximum Gasteiger partial charge on any atom is 0.410 e. The van der Waals surface area contributed by atoms with Gasteiger partial charge in [0, 0.05) is 42.4 Å². The molecular formula is C25H31N7O2. The number of aromatic nitrogens is 5. The SMILES string of the molecule is C=C(/C=C\N=CC)c1n[nH]c2ccc(-c3n[nH]c([C@@H]4CCCN(C(=O)OC(C)(C)C)C4)n3)cc12. The molecule has 1 aromatic carbocycles. The van der Waals surface area contributed by atoms with Gasteiger partial charge in [0.05, 0.1) is 11.2 Å². The number of hydrogen-bond donors (Lipinski definition) is 2. The molecule has 0 bridgehead atoms. The van der Waals surface area contributed by atoms with E-state index in [2.05, 4.69) is 32.0 Å². The first-order chi connectivity index (χ1) is 16.2. The van der Waals surface area contributed by atoms with E-state index in [1.54, 1.807) is 17.3 Å². The van der Waals surface area contributed by atoms with Crippen molar-refractivity contribution in [1.82, 2.24) is 30.3 Å². The summed E-state index contributed by atoms with van der Waals surface area (Å²) in [5, 5.41) is 15.9. The molecule has 0 spiro atoms. The van der Waals surface area contributed by atoms with Crippen LogP contribution >= 0.6 is 0 Å². The van der Waals surface area contributed by atoms with Crippen molar-refractivity contribution in [2.24, 2.45) is 4.99 Å². The van der Waals surface area contributed by atoms with Gasteiger partial charge in [-0.1, -0.05) is 6.58 Å². The van der Waals surface area contributed by atoms with Crippen molar-refractivity contribution < 1.29 is 9.53 Å². The van der Waals surface area contributed by atoms with Gasteiger partial charge < -0.3 is 9.64 Å². The number of likely N-dealkylation sites (tertiary alicyclic amines) is 1. The lowest BCUT2D eigenvalue weighted by atomic mass is 9.98. The van der Waals surface area contributed by atoms with Gasteiger partial charge in [-0.3, -0.25) is 15.2 Å². The second-order valence-corrected chi connectivity index (χ2v) is 9.39. The zero-order valence-electron chi connectivity index (χ0n) is 20.1. The summed E-state index contributed by atoms with van der Waals surface area (Å²) in [6.07, 6.45) is 6.78. The molecule has 2 N–H and O–H groups in total. The number of fused-ring (bicyclic) bond motifs is 1. The Labute approximate surface area is 199 Å². The quantitative estimate of drug-likeness (QED) is 0.406. The number of benzene rings is 1. The summed E-state index contributed by atoms with van der Waals surface area (Å²) in [7, 11) is 0. The highest BCUT2D eigenvalue weighted by Gasteiger charge is 2.30. The zero-order chi connectivity index (χ0) is 24.3. The molecule has 1 fully saturated rings. The number of carbonyl (C=O) groups is 1. The molecule has 3 aromatic rings. The highest BCUT2D eigenvalue weighted by Crippen LogP contribution is 2.30. The van der Waals surface area contributed by atoms with Crippen LogP contribution < -0.4 is 0 Å². The molecule has 9 nitrogen and oxygen atoms in total. The van der Waals surface area contributed by atoms with Crippen LogP contribution in [0.3, 0.4) is 0 Å². The molecule has 9 heteroatoms. The fraction of sp³-hybridized carbons (Fsp3) is 0.400. The van der Waals surface area contributed by atoms with E-state index in [-0.39, 0.29) is 12.0 Å². The lowest BCUT2D eigenvalue weighted by molar-refractivity contribution is 0.0196. The predicted octanol–water partition coefficient (Wildman–Crippen LogP) is 5.08. The van der Waals surface area contributed by atoms with Gasteiger partial charge in [0.15, 0.2) is 5.82 Å². The molecular weight excluding hydrogens is 430 g/mol. The Balaban J connectivity index is 1.53. The van der Waals surface area contributed by atoms with E-state index in [1.807, 2.05) is 52.0 Å². The average Bonchev–Trinajstić information content (AvgIpc) is 3.45. The number of H-pyrrole nitrogens is 2. The van der Waals surface area contributed by atoms with Gasteiger partial charge in [-0.2, -0.15) is 10.2 Å². The Morgan fingerprint density at radius 3 is 2.88 bits per heavy atom. The third-order valence-corrected chi connectivity index (χ3v) is 5.60. The largest absolute Gasteiger partial charge is 0.444 e. The molecule has 34 heavy (non-hydrogen) atoms. The van der Waals surface area contributed by atoms with E-state index in [0.29, 0.717) is 18.9 Å². The first kappa shape index (κ1) is 23.4. The van der Waals surface area contributed by atoms with E-state index < -0.39 is 5.60 Å². The summed E-state index contributed by atoms with van der Waals surface area (Å²) in [6, 6.07) is 5.94. The number of ether oxygens (including phenoxy) is 1. The molecule has 1 aliphatic heterocycles. The van der Waals surface area contributed by atoms with Gasteiger partial charge >= 0.3 is 6.09 Å². The Bertz CT molecular complexity index is 1250. The maximum absolute atomic E-state index is 12.5. The highest BCUT2D eigenvalue weighted by molar-refractivity contribution is 5.94. The number of piperidine rings is 1. The smallest absolute Gasteiger partial charge is 0.410 e. The number of allylic oxidation sites excluding steroid dienone is 2. The summed E-state index contributed by atoms with van der Waals surface area (Å²) in [5.41, 5.74) is 2.78. The molecule has 0 radical (unpaired) electrons. The standard InChI is InChI=1S/C25H31N7O2/c1-6-26-12-11-16(2)21-19-14-17(9-10-20(19)28-29-21)22-27-23(31-30-22)18-8-7-13-32(15-18)24(33)34-25(3,4)5/h6,9-12,14,18H,2,7-8,13,15H2,1,3-5H3,(H,28,29)(H,27,30,31)/b12-11-,26-6?/t18-/m1/s1. The molecule has 1 amide bonds. The number of aromatic amines is 2. The van der Waals surface area contributed by atoms with Crippen molar-refractivity contribution in [3.8, 4) is 11.4 Å². The Morgan fingerprint density at radius 1 is 1.29 bits per heavy atom. The van der Waals surface area contributed by atoms with Gasteiger partial charge in [0.2, 0.25) is 0 Å². The minimum Gasteiger partial charge on any atom is -0.444 e. The second-order valence-electron chi connectivity index (χ2n) is 9.39. The van der Waals surface area contributed by atoms with Gasteiger partial charge in [0.1, 0.15) is 11.4 Å². The summed E-state index contributed by atoms with van der Waals surface area (Å²) in [5.74, 6) is 1.47. The molecule has 0 saturated carbocycles. The molecule has 178 valence electrons. The van der Waals surface area contributed by atoms with Gasteiger partial charge in [-0.05, 0) is 70.4 Å². The summed E-state index contributed by atoms with van der Waals surface area (Å²) in [6.45, 7) is 12.8. The fourth-order valence-corrected chi connectivity index (χ4v) is 3.97.